The molecule has 9 heteroatoms. The number of hydrogen-bond donors (Lipinski definition) is 1. The van der Waals surface area contributed by atoms with Gasteiger partial charge in [0.1, 0.15) is 0 Å². The van der Waals surface area contributed by atoms with E-state index >= 15 is 0 Å². The van der Waals surface area contributed by atoms with Crippen LogP contribution in [0.2, 0.25) is 0 Å². The number of benzene rings is 1. The van der Waals surface area contributed by atoms with Crippen LogP contribution in [-0.4, -0.2) is 70.9 Å². The van der Waals surface area contributed by atoms with Crippen LogP contribution in [0.25, 0.3) is 0 Å². The molecular formula is C18H28N4O4S. The zero-order valence-electron chi connectivity index (χ0n) is 16.5. The number of nitrogens with zero attached hydrogens (tertiary/aromatic N) is 3. The minimum atomic E-state index is -3.43. The van der Waals surface area contributed by atoms with E-state index in [9.17, 15) is 13.2 Å². The molecule has 8 nitrogen and oxygen atoms in total. The van der Waals surface area contributed by atoms with E-state index in [1.165, 1.54) is 25.5 Å². The summed E-state index contributed by atoms with van der Waals surface area (Å²) in [6.45, 7) is 3.81. The average molecular weight is 397 g/mol. The minimum absolute atomic E-state index is 0.163. The Morgan fingerprint density at radius 1 is 1.30 bits per heavy atom. The first-order valence-electron chi connectivity index (χ1n) is 8.75. The van der Waals surface area contributed by atoms with Crippen LogP contribution >= 0.6 is 0 Å². The molecule has 0 saturated carbocycles. The van der Waals surface area contributed by atoms with Crippen molar-refractivity contribution in [3.63, 3.8) is 0 Å². The Morgan fingerprint density at radius 2 is 1.93 bits per heavy atom. The zero-order valence-corrected chi connectivity index (χ0v) is 17.3. The van der Waals surface area contributed by atoms with Crippen molar-refractivity contribution in [2.24, 2.45) is 16.8 Å². The van der Waals surface area contributed by atoms with Gasteiger partial charge in [0.15, 0.2) is 5.96 Å². The molecule has 1 aliphatic rings. The second-order valence-corrected chi connectivity index (χ2v) is 9.00. The molecule has 0 aromatic heterocycles. The van der Waals surface area contributed by atoms with Crippen LogP contribution in [0.4, 0.5) is 0 Å². The van der Waals surface area contributed by atoms with E-state index in [0.29, 0.717) is 19.0 Å². The predicted octanol–water partition coefficient (Wildman–Crippen LogP) is 0.753. The van der Waals surface area contributed by atoms with E-state index in [4.69, 9.17) is 4.74 Å². The van der Waals surface area contributed by atoms with Gasteiger partial charge in [0.05, 0.1) is 17.9 Å². The van der Waals surface area contributed by atoms with Crippen molar-refractivity contribution in [1.82, 2.24) is 14.5 Å². The van der Waals surface area contributed by atoms with Crippen molar-refractivity contribution in [3.05, 3.63) is 29.8 Å². The maximum absolute atomic E-state index is 12.1. The van der Waals surface area contributed by atoms with Gasteiger partial charge in [0.2, 0.25) is 10.0 Å². The largest absolute Gasteiger partial charge is 0.469 e. The van der Waals surface area contributed by atoms with E-state index in [1.807, 2.05) is 11.8 Å². The summed E-state index contributed by atoms with van der Waals surface area (Å²) in [5, 5.41) is 3.27. The molecule has 1 N–H and O–H groups in total. The number of methoxy groups -OCH3 is 1. The first kappa shape index (κ1) is 21.2. The van der Waals surface area contributed by atoms with Gasteiger partial charge in [-0.2, -0.15) is 0 Å². The lowest BCUT2D eigenvalue weighted by Crippen LogP contribution is -2.40. The Labute approximate surface area is 161 Å². The van der Waals surface area contributed by atoms with Crippen LogP contribution < -0.4 is 5.32 Å². The van der Waals surface area contributed by atoms with Gasteiger partial charge >= 0.3 is 5.97 Å². The van der Waals surface area contributed by atoms with Gasteiger partial charge in [0.25, 0.3) is 0 Å². The molecule has 1 aromatic rings. The van der Waals surface area contributed by atoms with Gasteiger partial charge in [-0.3, -0.25) is 9.79 Å². The third-order valence-electron chi connectivity index (χ3n) is 4.78. The average Bonchev–Trinajstić information content (AvgIpc) is 3.03. The molecule has 1 aliphatic heterocycles. The molecule has 0 bridgehead atoms. The van der Waals surface area contributed by atoms with Crippen LogP contribution in [0, 0.1) is 11.8 Å². The molecule has 1 aromatic carbocycles. The molecule has 0 aliphatic carbocycles. The Kier molecular flexibility index (Phi) is 6.83. The predicted molar refractivity (Wildman–Crippen MR) is 104 cm³/mol. The van der Waals surface area contributed by atoms with Crippen molar-refractivity contribution in [2.75, 3.05) is 41.3 Å². The van der Waals surface area contributed by atoms with Gasteiger partial charge in [-0.15, -0.1) is 0 Å². The van der Waals surface area contributed by atoms with Crippen LogP contribution in [0.5, 0.6) is 0 Å². The highest BCUT2D eigenvalue weighted by Gasteiger charge is 2.36. The summed E-state index contributed by atoms with van der Waals surface area (Å²) in [6.07, 6.45) is 0. The van der Waals surface area contributed by atoms with Crippen LogP contribution in [0.3, 0.4) is 0 Å². The fourth-order valence-electron chi connectivity index (χ4n) is 3.10. The Hall–Kier alpha value is -2.13. The van der Waals surface area contributed by atoms with E-state index < -0.39 is 10.0 Å². The molecule has 0 radical (unpaired) electrons. The molecule has 2 rings (SSSR count). The number of carbonyl (C=O) groups excluding carboxylic acids is 1. The van der Waals surface area contributed by atoms with E-state index in [2.05, 4.69) is 10.3 Å². The fourth-order valence-corrected chi connectivity index (χ4v) is 4.00. The molecule has 27 heavy (non-hydrogen) atoms. The topological polar surface area (TPSA) is 91.3 Å². The molecule has 1 heterocycles. The summed E-state index contributed by atoms with van der Waals surface area (Å²) < 4.78 is 30.3. The number of hydrogen-bond acceptors (Lipinski definition) is 5. The number of nitrogens with one attached hydrogen (secondary N) is 1. The van der Waals surface area contributed by atoms with E-state index in [0.717, 1.165) is 12.1 Å². The second-order valence-electron chi connectivity index (χ2n) is 6.84. The van der Waals surface area contributed by atoms with Crippen molar-refractivity contribution in [3.8, 4) is 0 Å². The first-order chi connectivity index (χ1) is 12.7. The molecule has 2 atom stereocenters. The van der Waals surface area contributed by atoms with Crippen molar-refractivity contribution < 1.29 is 17.9 Å². The maximum Gasteiger partial charge on any atom is 0.310 e. The number of carbonyl (C=O) groups is 1. The minimum Gasteiger partial charge on any atom is -0.469 e. The van der Waals surface area contributed by atoms with Crippen LogP contribution in [-0.2, 0) is 26.1 Å². The number of aliphatic imine (C=N–C) groups is 1. The number of rotatable bonds is 5. The number of sulfonamides is 1. The summed E-state index contributed by atoms with van der Waals surface area (Å²) in [6, 6.07) is 6.75. The third-order valence-corrected chi connectivity index (χ3v) is 6.61. The quantitative estimate of drug-likeness (QED) is 0.449. The Bertz CT molecular complexity index is 790. The van der Waals surface area contributed by atoms with E-state index in [1.54, 1.807) is 31.3 Å². The SMILES string of the molecule is CN=C(NCc1ccc(S(=O)(=O)N(C)C)cc1)N1CC(C)C(C(=O)OC)C1. The summed E-state index contributed by atoms with van der Waals surface area (Å²) in [7, 11) is 2.69. The van der Waals surface area contributed by atoms with Gasteiger partial charge in [-0.1, -0.05) is 19.1 Å². The molecule has 0 spiro atoms. The number of ether oxygens (including phenoxy) is 1. The molecule has 2 unspecified atom stereocenters. The smallest absolute Gasteiger partial charge is 0.310 e. The summed E-state index contributed by atoms with van der Waals surface area (Å²) in [4.78, 5) is 18.5. The molecule has 1 saturated heterocycles. The normalized spacial score (nSPS) is 20.8. The maximum atomic E-state index is 12.1. The summed E-state index contributed by atoms with van der Waals surface area (Å²) in [5.74, 6) is 0.534. The first-order valence-corrected chi connectivity index (χ1v) is 10.2. The van der Waals surface area contributed by atoms with Gasteiger partial charge in [0, 0.05) is 40.8 Å². The Morgan fingerprint density at radius 3 is 2.44 bits per heavy atom. The van der Waals surface area contributed by atoms with Crippen molar-refractivity contribution >= 4 is 22.0 Å². The van der Waals surface area contributed by atoms with Gasteiger partial charge in [-0.25, -0.2) is 12.7 Å². The highest BCUT2D eigenvalue weighted by atomic mass is 32.2. The molecular weight excluding hydrogens is 368 g/mol. The van der Waals surface area contributed by atoms with Gasteiger partial charge < -0.3 is 15.0 Å². The fraction of sp³-hybridized carbons (Fsp3) is 0.556. The van der Waals surface area contributed by atoms with Crippen molar-refractivity contribution in [2.45, 2.75) is 18.4 Å². The van der Waals surface area contributed by atoms with Crippen LogP contribution in [0.15, 0.2) is 34.2 Å². The molecule has 150 valence electrons. The highest BCUT2D eigenvalue weighted by molar-refractivity contribution is 7.89. The highest BCUT2D eigenvalue weighted by Crippen LogP contribution is 2.24. The lowest BCUT2D eigenvalue weighted by Gasteiger charge is -2.21. The monoisotopic (exact) mass is 396 g/mol. The number of likely N-dealkylation sites (tertiary alicyclic amines) is 1. The number of guanidine groups is 1. The van der Waals surface area contributed by atoms with Crippen LogP contribution in [0.1, 0.15) is 12.5 Å². The summed E-state index contributed by atoms with van der Waals surface area (Å²) >= 11 is 0. The Balaban J connectivity index is 2.00. The number of esters is 1. The lowest BCUT2D eigenvalue weighted by molar-refractivity contribution is -0.145. The second kappa shape index (κ2) is 8.71. The van der Waals surface area contributed by atoms with Crippen molar-refractivity contribution in [1.29, 1.82) is 0 Å². The third kappa shape index (κ3) is 4.78. The molecule has 0 amide bonds. The van der Waals surface area contributed by atoms with Gasteiger partial charge in [-0.05, 0) is 23.6 Å². The van der Waals surface area contributed by atoms with E-state index in [-0.39, 0.29) is 22.7 Å². The lowest BCUT2D eigenvalue weighted by atomic mass is 9.99. The standard InChI is InChI=1S/C18H28N4O4S/c1-13-11-22(12-16(13)17(23)26-5)18(19-2)20-10-14-6-8-15(9-7-14)27(24,25)21(3)4/h6-9,13,16H,10-12H2,1-5H3,(H,19,20). The summed E-state index contributed by atoms with van der Waals surface area (Å²) in [5.41, 5.74) is 0.936. The molecule has 1 fully saturated rings. The zero-order chi connectivity index (χ0) is 20.2.